The molecule has 0 saturated heterocycles. The Kier molecular flexibility index (Phi) is 3.99. The summed E-state index contributed by atoms with van der Waals surface area (Å²) in [5, 5.41) is 0. The highest BCUT2D eigenvalue weighted by molar-refractivity contribution is 7.89. The highest BCUT2D eigenvalue weighted by atomic mass is 32.2. The normalized spacial score (nSPS) is 13.6. The molecule has 2 aromatic rings. The monoisotopic (exact) mass is 337 g/mol. The van der Waals surface area contributed by atoms with E-state index in [0.29, 0.717) is 17.1 Å². The Morgan fingerprint density at radius 1 is 1.13 bits per heavy atom. The van der Waals surface area contributed by atoms with Gasteiger partial charge in [0.25, 0.3) is 0 Å². The standard InChI is InChI=1S/C16H16FNO4S/c1-11-7-13(4-5-14(11)17)23(19,20)18(2)9-12-3-6-15-16(8-12)22-10-21-15/h3-8H,9-10H2,1-2H3. The van der Waals surface area contributed by atoms with Gasteiger partial charge in [0, 0.05) is 13.6 Å². The Morgan fingerprint density at radius 2 is 1.87 bits per heavy atom. The van der Waals surface area contributed by atoms with Gasteiger partial charge in [-0.3, -0.25) is 0 Å². The number of nitrogens with zero attached hydrogens (tertiary/aromatic N) is 1. The first-order valence-electron chi connectivity index (χ1n) is 6.99. The fraction of sp³-hybridized carbons (Fsp3) is 0.250. The zero-order valence-corrected chi connectivity index (χ0v) is 13.6. The van der Waals surface area contributed by atoms with Gasteiger partial charge in [0.1, 0.15) is 5.82 Å². The quantitative estimate of drug-likeness (QED) is 0.861. The van der Waals surface area contributed by atoms with Gasteiger partial charge in [-0.15, -0.1) is 0 Å². The Hall–Kier alpha value is -2.12. The number of aryl methyl sites for hydroxylation is 1. The highest BCUT2D eigenvalue weighted by Crippen LogP contribution is 2.33. The molecule has 1 heterocycles. The molecule has 7 heteroatoms. The van der Waals surface area contributed by atoms with E-state index >= 15 is 0 Å². The second-order valence-corrected chi connectivity index (χ2v) is 7.40. The molecule has 0 fully saturated rings. The van der Waals surface area contributed by atoms with Crippen LogP contribution < -0.4 is 9.47 Å². The van der Waals surface area contributed by atoms with Crippen molar-refractivity contribution in [1.82, 2.24) is 4.31 Å². The molecule has 0 N–H and O–H groups in total. The van der Waals surface area contributed by atoms with Gasteiger partial charge in [0.2, 0.25) is 16.8 Å². The zero-order valence-electron chi connectivity index (χ0n) is 12.7. The van der Waals surface area contributed by atoms with E-state index in [-0.39, 0.29) is 18.2 Å². The minimum absolute atomic E-state index is 0.0691. The molecule has 1 aliphatic rings. The summed E-state index contributed by atoms with van der Waals surface area (Å²) >= 11 is 0. The molecule has 3 rings (SSSR count). The van der Waals surface area contributed by atoms with Crippen LogP contribution in [0.2, 0.25) is 0 Å². The van der Waals surface area contributed by atoms with E-state index in [1.807, 2.05) is 0 Å². The van der Waals surface area contributed by atoms with Crippen LogP contribution in [-0.4, -0.2) is 26.6 Å². The van der Waals surface area contributed by atoms with Gasteiger partial charge >= 0.3 is 0 Å². The van der Waals surface area contributed by atoms with Crippen molar-refractivity contribution in [2.24, 2.45) is 0 Å². The molecule has 0 saturated carbocycles. The minimum atomic E-state index is -3.70. The summed E-state index contributed by atoms with van der Waals surface area (Å²) in [6.45, 7) is 1.88. The maximum Gasteiger partial charge on any atom is 0.243 e. The molecule has 1 aliphatic heterocycles. The fourth-order valence-electron chi connectivity index (χ4n) is 2.34. The van der Waals surface area contributed by atoms with Crippen molar-refractivity contribution < 1.29 is 22.3 Å². The predicted octanol–water partition coefficient (Wildman–Crippen LogP) is 2.68. The number of rotatable bonds is 4. The van der Waals surface area contributed by atoms with Crippen LogP contribution >= 0.6 is 0 Å². The van der Waals surface area contributed by atoms with Gasteiger partial charge in [-0.2, -0.15) is 4.31 Å². The first-order chi connectivity index (χ1) is 10.9. The highest BCUT2D eigenvalue weighted by Gasteiger charge is 2.22. The molecule has 5 nitrogen and oxygen atoms in total. The summed E-state index contributed by atoms with van der Waals surface area (Å²) in [7, 11) is -2.21. The summed E-state index contributed by atoms with van der Waals surface area (Å²) in [6.07, 6.45) is 0. The molecule has 2 aromatic carbocycles. The van der Waals surface area contributed by atoms with Crippen molar-refractivity contribution in [3.8, 4) is 11.5 Å². The third kappa shape index (κ3) is 3.02. The van der Waals surface area contributed by atoms with Crippen molar-refractivity contribution >= 4 is 10.0 Å². The van der Waals surface area contributed by atoms with Crippen molar-refractivity contribution in [3.05, 3.63) is 53.3 Å². The number of halogens is 1. The van der Waals surface area contributed by atoms with E-state index < -0.39 is 15.8 Å². The lowest BCUT2D eigenvalue weighted by atomic mass is 10.2. The topological polar surface area (TPSA) is 55.8 Å². The van der Waals surface area contributed by atoms with Gasteiger partial charge in [0.15, 0.2) is 11.5 Å². The molecule has 0 bridgehead atoms. The van der Waals surface area contributed by atoms with Gasteiger partial charge in [0.05, 0.1) is 4.90 Å². The fourth-order valence-corrected chi connectivity index (χ4v) is 3.58. The lowest BCUT2D eigenvalue weighted by molar-refractivity contribution is 0.174. The lowest BCUT2D eigenvalue weighted by Gasteiger charge is -2.18. The maximum atomic E-state index is 13.3. The molecular weight excluding hydrogens is 321 g/mol. The van der Waals surface area contributed by atoms with Gasteiger partial charge < -0.3 is 9.47 Å². The first kappa shape index (κ1) is 15.8. The van der Waals surface area contributed by atoms with Crippen LogP contribution in [0.25, 0.3) is 0 Å². The molecular formula is C16H16FNO4S. The van der Waals surface area contributed by atoms with Crippen molar-refractivity contribution in [2.45, 2.75) is 18.4 Å². The van der Waals surface area contributed by atoms with Crippen LogP contribution in [-0.2, 0) is 16.6 Å². The summed E-state index contributed by atoms with van der Waals surface area (Å²) in [5.41, 5.74) is 1.07. The molecule has 0 atom stereocenters. The smallest absolute Gasteiger partial charge is 0.243 e. The largest absolute Gasteiger partial charge is 0.454 e. The Labute approximate surface area is 134 Å². The van der Waals surface area contributed by atoms with E-state index in [4.69, 9.17) is 9.47 Å². The van der Waals surface area contributed by atoms with Crippen LogP contribution in [0.3, 0.4) is 0 Å². The Morgan fingerprint density at radius 3 is 2.61 bits per heavy atom. The molecule has 0 aliphatic carbocycles. The number of fused-ring (bicyclic) bond motifs is 1. The summed E-state index contributed by atoms with van der Waals surface area (Å²) in [5.74, 6) is 0.821. The summed E-state index contributed by atoms with van der Waals surface area (Å²) < 4.78 is 50.2. The van der Waals surface area contributed by atoms with Crippen LogP contribution in [0.15, 0.2) is 41.3 Å². The van der Waals surface area contributed by atoms with Gasteiger partial charge in [-0.1, -0.05) is 6.07 Å². The van der Waals surface area contributed by atoms with Gasteiger partial charge in [-0.25, -0.2) is 12.8 Å². The average molecular weight is 337 g/mol. The number of hydrogen-bond acceptors (Lipinski definition) is 4. The SMILES string of the molecule is Cc1cc(S(=O)(=O)N(C)Cc2ccc3c(c2)OCO3)ccc1F. The van der Waals surface area contributed by atoms with Gasteiger partial charge in [-0.05, 0) is 48.4 Å². The predicted molar refractivity (Wildman–Crippen MR) is 82.4 cm³/mol. The van der Waals surface area contributed by atoms with E-state index in [1.54, 1.807) is 18.2 Å². The number of sulfonamides is 1. The Balaban J connectivity index is 1.84. The third-order valence-electron chi connectivity index (χ3n) is 3.68. The lowest BCUT2D eigenvalue weighted by Crippen LogP contribution is -2.26. The summed E-state index contributed by atoms with van der Waals surface area (Å²) in [6, 6.07) is 9.06. The van der Waals surface area contributed by atoms with E-state index in [0.717, 1.165) is 11.6 Å². The van der Waals surface area contributed by atoms with Crippen LogP contribution in [0.4, 0.5) is 4.39 Å². The third-order valence-corrected chi connectivity index (χ3v) is 5.48. The van der Waals surface area contributed by atoms with Crippen LogP contribution in [0.5, 0.6) is 11.5 Å². The average Bonchev–Trinajstić information content (AvgIpc) is 2.97. The molecule has 0 spiro atoms. The molecule has 0 unspecified atom stereocenters. The van der Waals surface area contributed by atoms with Crippen LogP contribution in [0.1, 0.15) is 11.1 Å². The minimum Gasteiger partial charge on any atom is -0.454 e. The van der Waals surface area contributed by atoms with Crippen LogP contribution in [0, 0.1) is 12.7 Å². The summed E-state index contributed by atoms with van der Waals surface area (Å²) in [4.78, 5) is 0.0691. The second kappa shape index (κ2) is 5.82. The number of ether oxygens (including phenoxy) is 2. The number of benzene rings is 2. The number of hydrogen-bond donors (Lipinski definition) is 0. The first-order valence-corrected chi connectivity index (χ1v) is 8.43. The zero-order chi connectivity index (χ0) is 16.6. The van der Waals surface area contributed by atoms with E-state index in [1.165, 1.54) is 30.4 Å². The molecule has 122 valence electrons. The van der Waals surface area contributed by atoms with Crippen molar-refractivity contribution in [2.75, 3.05) is 13.8 Å². The molecule has 0 aromatic heterocycles. The Bertz CT molecular complexity index is 851. The van der Waals surface area contributed by atoms with Crippen molar-refractivity contribution in [1.29, 1.82) is 0 Å². The van der Waals surface area contributed by atoms with Crippen molar-refractivity contribution in [3.63, 3.8) is 0 Å². The maximum absolute atomic E-state index is 13.3. The molecule has 0 amide bonds. The second-order valence-electron chi connectivity index (χ2n) is 5.36. The van der Waals surface area contributed by atoms with E-state index in [9.17, 15) is 12.8 Å². The molecule has 23 heavy (non-hydrogen) atoms. The molecule has 0 radical (unpaired) electrons. The van der Waals surface area contributed by atoms with E-state index in [2.05, 4.69) is 0 Å².